The first-order valence-electron chi connectivity index (χ1n) is 7.01. The van der Waals surface area contributed by atoms with Crippen LogP contribution in [0, 0.1) is 0 Å². The summed E-state index contributed by atoms with van der Waals surface area (Å²) in [7, 11) is 1.52. The predicted molar refractivity (Wildman–Crippen MR) is 79.7 cm³/mol. The number of fused-ring (bicyclic) bond motifs is 1. The average molecular weight is 309 g/mol. The summed E-state index contributed by atoms with van der Waals surface area (Å²) in [6, 6.07) is 4.31. The molecule has 21 heavy (non-hydrogen) atoms. The van der Waals surface area contributed by atoms with Crippen LogP contribution in [0.15, 0.2) is 18.2 Å². The van der Waals surface area contributed by atoms with Gasteiger partial charge in [-0.2, -0.15) is 0 Å². The quantitative estimate of drug-likeness (QED) is 0.840. The van der Waals surface area contributed by atoms with Gasteiger partial charge < -0.3 is 9.64 Å². The molecule has 0 bridgehead atoms. The lowest BCUT2D eigenvalue weighted by molar-refractivity contribution is -0.143. The van der Waals surface area contributed by atoms with Gasteiger partial charge in [0, 0.05) is 18.3 Å². The van der Waals surface area contributed by atoms with Crippen LogP contribution in [0.5, 0.6) is 5.75 Å². The van der Waals surface area contributed by atoms with E-state index in [0.717, 1.165) is 12.8 Å². The molecule has 0 radical (unpaired) electrons. The van der Waals surface area contributed by atoms with Gasteiger partial charge in [-0.05, 0) is 31.9 Å². The number of halogens is 1. The first kappa shape index (κ1) is 14.2. The lowest BCUT2D eigenvalue weighted by Crippen LogP contribution is -2.62. The molecule has 2 unspecified atom stereocenters. The molecule has 2 aliphatic rings. The lowest BCUT2D eigenvalue weighted by atomic mass is 10.0. The van der Waals surface area contributed by atoms with Crippen molar-refractivity contribution in [3.05, 3.63) is 23.2 Å². The second kappa shape index (κ2) is 5.22. The van der Waals surface area contributed by atoms with E-state index in [0.29, 0.717) is 23.0 Å². The second-order valence-corrected chi connectivity index (χ2v) is 5.80. The number of anilines is 1. The van der Waals surface area contributed by atoms with E-state index in [9.17, 15) is 9.59 Å². The number of hydrogen-bond acceptors (Lipinski definition) is 3. The van der Waals surface area contributed by atoms with Crippen LogP contribution in [0.4, 0.5) is 5.69 Å². The fourth-order valence-corrected chi connectivity index (χ4v) is 3.33. The predicted octanol–water partition coefficient (Wildman–Crippen LogP) is 2.07. The number of benzene rings is 1. The number of amides is 2. The largest absolute Gasteiger partial charge is 0.495 e. The van der Waals surface area contributed by atoms with Crippen molar-refractivity contribution in [2.75, 3.05) is 18.6 Å². The van der Waals surface area contributed by atoms with Crippen LogP contribution in [0.2, 0.25) is 5.02 Å². The maximum Gasteiger partial charge on any atom is 0.250 e. The average Bonchev–Trinajstić information content (AvgIpc) is 2.96. The Balaban J connectivity index is 2.00. The molecular formula is C15H17ClN2O3. The van der Waals surface area contributed by atoms with Crippen molar-refractivity contribution in [2.24, 2.45) is 0 Å². The van der Waals surface area contributed by atoms with Gasteiger partial charge in [-0.15, -0.1) is 0 Å². The van der Waals surface area contributed by atoms with Gasteiger partial charge in [-0.25, -0.2) is 0 Å². The van der Waals surface area contributed by atoms with E-state index in [1.54, 1.807) is 34.9 Å². The fraction of sp³-hybridized carbons (Fsp3) is 0.467. The number of piperazine rings is 1. The van der Waals surface area contributed by atoms with Gasteiger partial charge in [0.1, 0.15) is 17.8 Å². The molecule has 2 aliphatic heterocycles. The highest BCUT2D eigenvalue weighted by Gasteiger charge is 2.46. The molecule has 2 fully saturated rings. The van der Waals surface area contributed by atoms with Crippen molar-refractivity contribution < 1.29 is 14.3 Å². The number of nitrogens with zero attached hydrogens (tertiary/aromatic N) is 2. The van der Waals surface area contributed by atoms with Crippen LogP contribution in [0.3, 0.4) is 0 Å². The molecule has 0 aromatic heterocycles. The number of hydrogen-bond donors (Lipinski definition) is 0. The van der Waals surface area contributed by atoms with E-state index in [4.69, 9.17) is 16.3 Å². The Morgan fingerprint density at radius 1 is 1.29 bits per heavy atom. The first-order chi connectivity index (χ1) is 10.0. The maximum atomic E-state index is 12.7. The molecule has 2 atom stereocenters. The standard InChI is InChI=1S/C15H17ClN2O3/c1-9-14(19)17-7-3-4-12(17)15(20)18(9)10-5-6-11(16)13(8-10)21-2/h5-6,8-9,12H,3-4,7H2,1-2H3. The SMILES string of the molecule is COc1cc(N2C(=O)C3CCCN3C(=O)C2C)ccc1Cl. The summed E-state index contributed by atoms with van der Waals surface area (Å²) in [5.41, 5.74) is 0.647. The van der Waals surface area contributed by atoms with Crippen molar-refractivity contribution in [2.45, 2.75) is 31.8 Å². The van der Waals surface area contributed by atoms with Crippen LogP contribution in [-0.2, 0) is 9.59 Å². The summed E-state index contributed by atoms with van der Waals surface area (Å²) in [6.07, 6.45) is 1.62. The van der Waals surface area contributed by atoms with Gasteiger partial charge in [-0.3, -0.25) is 14.5 Å². The topological polar surface area (TPSA) is 49.9 Å². The zero-order valence-electron chi connectivity index (χ0n) is 12.0. The summed E-state index contributed by atoms with van der Waals surface area (Å²) >= 11 is 6.02. The Hall–Kier alpha value is -1.75. The van der Waals surface area contributed by atoms with Crippen molar-refractivity contribution in [3.63, 3.8) is 0 Å². The van der Waals surface area contributed by atoms with E-state index < -0.39 is 6.04 Å². The van der Waals surface area contributed by atoms with Crippen LogP contribution in [0.1, 0.15) is 19.8 Å². The second-order valence-electron chi connectivity index (χ2n) is 5.39. The third kappa shape index (κ3) is 2.16. The molecular weight excluding hydrogens is 292 g/mol. The van der Waals surface area contributed by atoms with Gasteiger partial charge in [0.05, 0.1) is 12.1 Å². The fourth-order valence-electron chi connectivity index (χ4n) is 3.14. The number of ether oxygens (including phenoxy) is 1. The summed E-state index contributed by atoms with van der Waals surface area (Å²) in [5.74, 6) is 0.477. The molecule has 2 saturated heterocycles. The van der Waals surface area contributed by atoms with Crippen LogP contribution < -0.4 is 9.64 Å². The highest BCUT2D eigenvalue weighted by molar-refractivity contribution is 6.32. The Kier molecular flexibility index (Phi) is 3.53. The van der Waals surface area contributed by atoms with Gasteiger partial charge in [0.15, 0.2) is 0 Å². The van der Waals surface area contributed by atoms with Crippen molar-refractivity contribution in [1.82, 2.24) is 4.90 Å². The van der Waals surface area contributed by atoms with E-state index in [-0.39, 0.29) is 17.9 Å². The Bertz CT molecular complexity index is 605. The monoisotopic (exact) mass is 308 g/mol. The van der Waals surface area contributed by atoms with Crippen LogP contribution >= 0.6 is 11.6 Å². The molecule has 0 aliphatic carbocycles. The maximum absolute atomic E-state index is 12.7. The molecule has 0 N–H and O–H groups in total. The highest BCUT2D eigenvalue weighted by Crippen LogP contribution is 2.34. The minimum Gasteiger partial charge on any atom is -0.495 e. The molecule has 1 aromatic carbocycles. The van der Waals surface area contributed by atoms with Crippen molar-refractivity contribution in [1.29, 1.82) is 0 Å². The first-order valence-corrected chi connectivity index (χ1v) is 7.39. The van der Waals surface area contributed by atoms with E-state index in [2.05, 4.69) is 0 Å². The molecule has 5 nitrogen and oxygen atoms in total. The molecule has 2 heterocycles. The van der Waals surface area contributed by atoms with Gasteiger partial charge in [-0.1, -0.05) is 11.6 Å². The van der Waals surface area contributed by atoms with Crippen LogP contribution in [-0.4, -0.2) is 42.5 Å². The van der Waals surface area contributed by atoms with Gasteiger partial charge >= 0.3 is 0 Å². The van der Waals surface area contributed by atoms with Gasteiger partial charge in [0.25, 0.3) is 5.91 Å². The number of rotatable bonds is 2. The molecule has 1 aromatic rings. The zero-order chi connectivity index (χ0) is 15.1. The third-order valence-corrected chi connectivity index (χ3v) is 4.53. The molecule has 112 valence electrons. The Labute approximate surface area is 128 Å². The smallest absolute Gasteiger partial charge is 0.250 e. The zero-order valence-corrected chi connectivity index (χ0v) is 12.8. The number of carbonyl (C=O) groups excluding carboxylic acids is 2. The van der Waals surface area contributed by atoms with Gasteiger partial charge in [0.2, 0.25) is 5.91 Å². The van der Waals surface area contributed by atoms with E-state index >= 15 is 0 Å². The minimum atomic E-state index is -0.502. The third-order valence-electron chi connectivity index (χ3n) is 4.22. The number of carbonyl (C=O) groups is 2. The molecule has 0 spiro atoms. The Morgan fingerprint density at radius 3 is 2.76 bits per heavy atom. The Morgan fingerprint density at radius 2 is 2.05 bits per heavy atom. The number of methoxy groups -OCH3 is 1. The molecule has 2 amide bonds. The molecule has 6 heteroatoms. The van der Waals surface area contributed by atoms with Crippen LogP contribution in [0.25, 0.3) is 0 Å². The minimum absolute atomic E-state index is 0.00557. The highest BCUT2D eigenvalue weighted by atomic mass is 35.5. The van der Waals surface area contributed by atoms with E-state index in [1.165, 1.54) is 7.11 Å². The van der Waals surface area contributed by atoms with Crippen molar-refractivity contribution in [3.8, 4) is 5.75 Å². The summed E-state index contributed by atoms with van der Waals surface area (Å²) < 4.78 is 5.20. The summed E-state index contributed by atoms with van der Waals surface area (Å²) in [5, 5.41) is 0.479. The molecule has 3 rings (SSSR count). The lowest BCUT2D eigenvalue weighted by Gasteiger charge is -2.40. The summed E-state index contributed by atoms with van der Waals surface area (Å²) in [4.78, 5) is 28.4. The van der Waals surface area contributed by atoms with Crippen molar-refractivity contribution >= 4 is 29.1 Å². The van der Waals surface area contributed by atoms with E-state index in [1.807, 2.05) is 0 Å². The summed E-state index contributed by atoms with van der Waals surface area (Å²) in [6.45, 7) is 2.44. The molecule has 0 saturated carbocycles. The normalized spacial score (nSPS) is 25.3.